The Morgan fingerprint density at radius 1 is 1.09 bits per heavy atom. The summed E-state index contributed by atoms with van der Waals surface area (Å²) in [6.45, 7) is 1.08. The van der Waals surface area contributed by atoms with Gasteiger partial charge in [0.05, 0.1) is 23.6 Å². The predicted molar refractivity (Wildman–Crippen MR) is 83.0 cm³/mol. The number of carbonyl (C=O) groups is 1. The van der Waals surface area contributed by atoms with Crippen LogP contribution in [0.3, 0.4) is 0 Å². The highest BCUT2D eigenvalue weighted by Crippen LogP contribution is 2.34. The molecule has 1 aliphatic carbocycles. The molecule has 0 aromatic rings. The largest absolute Gasteiger partial charge is 0.394 e. The maximum atomic E-state index is 12.5. The second-order valence-corrected chi connectivity index (χ2v) is 6.94. The van der Waals surface area contributed by atoms with E-state index in [1.165, 1.54) is 6.42 Å². The third kappa shape index (κ3) is 4.44. The normalized spacial score (nSPS) is 24.5. The maximum absolute atomic E-state index is 12.5. The summed E-state index contributed by atoms with van der Waals surface area (Å²) in [6, 6.07) is 2.34. The summed E-state index contributed by atoms with van der Waals surface area (Å²) < 4.78 is 5.31. The van der Waals surface area contributed by atoms with Gasteiger partial charge in [0.1, 0.15) is 0 Å². The van der Waals surface area contributed by atoms with Crippen molar-refractivity contribution in [2.45, 2.75) is 69.7 Å². The summed E-state index contributed by atoms with van der Waals surface area (Å²) in [6.07, 6.45) is 8.76. The number of amides is 1. The topological polar surface area (TPSA) is 82.4 Å². The van der Waals surface area contributed by atoms with Gasteiger partial charge >= 0.3 is 0 Å². The van der Waals surface area contributed by atoms with Crippen molar-refractivity contribution in [3.05, 3.63) is 0 Å². The standard InChI is InChI=1S/C17H28N2O3/c18-13-16(8-10-22-11-9-16)12-15(21)19-17(14-20)6-4-2-1-3-5-7-17/h20H,1-12,14H2,(H,19,21). The SMILES string of the molecule is N#CC1(CC(=O)NC2(CO)CCCCCCC2)CCOCC1. The minimum Gasteiger partial charge on any atom is -0.394 e. The Labute approximate surface area is 133 Å². The van der Waals surface area contributed by atoms with Crippen LogP contribution in [0.4, 0.5) is 0 Å². The Kier molecular flexibility index (Phi) is 6.22. The average Bonchev–Trinajstić information content (AvgIpc) is 2.51. The lowest BCUT2D eigenvalue weighted by atomic mass is 9.78. The number of nitrogens with zero attached hydrogens (tertiary/aromatic N) is 1. The van der Waals surface area contributed by atoms with Crippen molar-refractivity contribution < 1.29 is 14.6 Å². The van der Waals surface area contributed by atoms with Crippen LogP contribution in [0.5, 0.6) is 0 Å². The Hall–Kier alpha value is -1.12. The summed E-state index contributed by atoms with van der Waals surface area (Å²) >= 11 is 0. The van der Waals surface area contributed by atoms with Gasteiger partial charge in [0, 0.05) is 19.6 Å². The fourth-order valence-corrected chi connectivity index (χ4v) is 3.64. The molecule has 1 amide bonds. The number of hydrogen-bond acceptors (Lipinski definition) is 4. The molecular formula is C17H28N2O3. The van der Waals surface area contributed by atoms with E-state index in [0.29, 0.717) is 26.1 Å². The molecule has 2 rings (SSSR count). The van der Waals surface area contributed by atoms with Crippen molar-refractivity contribution in [3.8, 4) is 6.07 Å². The van der Waals surface area contributed by atoms with Gasteiger partial charge in [-0.3, -0.25) is 4.79 Å². The number of carbonyl (C=O) groups excluding carboxylic acids is 1. The van der Waals surface area contributed by atoms with Gasteiger partial charge in [0.2, 0.25) is 5.91 Å². The van der Waals surface area contributed by atoms with E-state index in [1.807, 2.05) is 0 Å². The van der Waals surface area contributed by atoms with Gasteiger partial charge in [-0.1, -0.05) is 32.1 Å². The molecule has 0 aromatic heterocycles. The van der Waals surface area contributed by atoms with Gasteiger partial charge in [-0.2, -0.15) is 5.26 Å². The van der Waals surface area contributed by atoms with Crippen molar-refractivity contribution in [3.63, 3.8) is 0 Å². The molecule has 22 heavy (non-hydrogen) atoms. The second kappa shape index (κ2) is 7.94. The molecule has 2 aliphatic rings. The molecule has 0 spiro atoms. The molecule has 0 bridgehead atoms. The Bertz CT molecular complexity index is 403. The van der Waals surface area contributed by atoms with E-state index in [-0.39, 0.29) is 18.9 Å². The number of aliphatic hydroxyl groups excluding tert-OH is 1. The summed E-state index contributed by atoms with van der Waals surface area (Å²) in [5.74, 6) is -0.0990. The van der Waals surface area contributed by atoms with E-state index >= 15 is 0 Å². The predicted octanol–water partition coefficient (Wildman–Crippen LogP) is 2.29. The fourth-order valence-electron chi connectivity index (χ4n) is 3.64. The molecule has 0 unspecified atom stereocenters. The highest BCUT2D eigenvalue weighted by molar-refractivity contribution is 5.78. The van der Waals surface area contributed by atoms with Gasteiger partial charge in [-0.15, -0.1) is 0 Å². The van der Waals surface area contributed by atoms with Crippen LogP contribution >= 0.6 is 0 Å². The molecule has 1 aliphatic heterocycles. The lowest BCUT2D eigenvalue weighted by molar-refractivity contribution is -0.126. The zero-order valence-corrected chi connectivity index (χ0v) is 13.4. The molecule has 0 aromatic carbocycles. The first-order valence-corrected chi connectivity index (χ1v) is 8.55. The summed E-state index contributed by atoms with van der Waals surface area (Å²) in [7, 11) is 0. The highest BCUT2D eigenvalue weighted by atomic mass is 16.5. The van der Waals surface area contributed by atoms with Crippen LogP contribution in [0.2, 0.25) is 0 Å². The third-order valence-corrected chi connectivity index (χ3v) is 5.20. The van der Waals surface area contributed by atoms with Gasteiger partial charge in [-0.05, 0) is 25.7 Å². The molecule has 5 nitrogen and oxygen atoms in total. The number of aliphatic hydroxyl groups is 1. The Balaban J connectivity index is 1.97. The highest BCUT2D eigenvalue weighted by Gasteiger charge is 2.38. The van der Waals surface area contributed by atoms with E-state index < -0.39 is 11.0 Å². The molecule has 2 N–H and O–H groups in total. The van der Waals surface area contributed by atoms with Gasteiger partial charge in [-0.25, -0.2) is 0 Å². The zero-order valence-electron chi connectivity index (χ0n) is 13.4. The van der Waals surface area contributed by atoms with E-state index in [1.54, 1.807) is 0 Å². The molecule has 0 atom stereocenters. The van der Waals surface area contributed by atoms with Gasteiger partial charge < -0.3 is 15.2 Å². The molecule has 1 saturated heterocycles. The van der Waals surface area contributed by atoms with E-state index in [2.05, 4.69) is 11.4 Å². The summed E-state index contributed by atoms with van der Waals surface area (Å²) in [5, 5.41) is 22.4. The first-order chi connectivity index (χ1) is 10.6. The molecule has 124 valence electrons. The van der Waals surface area contributed by atoms with E-state index in [4.69, 9.17) is 4.74 Å². The average molecular weight is 308 g/mol. The van der Waals surface area contributed by atoms with Crippen LogP contribution in [-0.2, 0) is 9.53 Å². The molecule has 5 heteroatoms. The summed E-state index contributed by atoms with van der Waals surface area (Å²) in [5.41, 5.74) is -1.08. The summed E-state index contributed by atoms with van der Waals surface area (Å²) in [4.78, 5) is 12.5. The lowest BCUT2D eigenvalue weighted by Crippen LogP contribution is -2.52. The molecule has 2 fully saturated rings. The molecule has 1 saturated carbocycles. The van der Waals surface area contributed by atoms with Crippen molar-refractivity contribution >= 4 is 5.91 Å². The molecule has 0 radical (unpaired) electrons. The van der Waals surface area contributed by atoms with Crippen molar-refractivity contribution in [2.75, 3.05) is 19.8 Å². The van der Waals surface area contributed by atoms with E-state index in [0.717, 1.165) is 38.5 Å². The first-order valence-electron chi connectivity index (χ1n) is 8.55. The van der Waals surface area contributed by atoms with Crippen molar-refractivity contribution in [1.29, 1.82) is 5.26 Å². The van der Waals surface area contributed by atoms with Crippen LogP contribution in [0.25, 0.3) is 0 Å². The van der Waals surface area contributed by atoms with Crippen LogP contribution in [0, 0.1) is 16.7 Å². The number of nitriles is 1. The minimum atomic E-state index is -0.597. The maximum Gasteiger partial charge on any atom is 0.222 e. The minimum absolute atomic E-state index is 0.0125. The van der Waals surface area contributed by atoms with Crippen LogP contribution in [0.15, 0.2) is 0 Å². The number of rotatable bonds is 4. The van der Waals surface area contributed by atoms with Crippen molar-refractivity contribution in [2.24, 2.45) is 5.41 Å². The van der Waals surface area contributed by atoms with Crippen LogP contribution in [0.1, 0.15) is 64.2 Å². The lowest BCUT2D eigenvalue weighted by Gasteiger charge is -2.36. The Morgan fingerprint density at radius 2 is 1.68 bits per heavy atom. The quantitative estimate of drug-likeness (QED) is 0.835. The Morgan fingerprint density at radius 3 is 2.23 bits per heavy atom. The number of nitrogens with one attached hydrogen (secondary N) is 1. The second-order valence-electron chi connectivity index (χ2n) is 6.94. The smallest absolute Gasteiger partial charge is 0.222 e. The number of ether oxygens (including phenoxy) is 1. The van der Waals surface area contributed by atoms with Crippen LogP contribution in [-0.4, -0.2) is 36.4 Å². The molecular weight excluding hydrogens is 280 g/mol. The van der Waals surface area contributed by atoms with E-state index in [9.17, 15) is 15.2 Å². The molecule has 1 heterocycles. The fraction of sp³-hybridized carbons (Fsp3) is 0.882. The van der Waals surface area contributed by atoms with Crippen LogP contribution < -0.4 is 5.32 Å². The number of hydrogen-bond donors (Lipinski definition) is 2. The zero-order chi connectivity index (χ0) is 15.9. The van der Waals surface area contributed by atoms with Crippen molar-refractivity contribution in [1.82, 2.24) is 5.32 Å². The van der Waals surface area contributed by atoms with Gasteiger partial charge in [0.25, 0.3) is 0 Å². The van der Waals surface area contributed by atoms with Gasteiger partial charge in [0.15, 0.2) is 0 Å². The third-order valence-electron chi connectivity index (χ3n) is 5.20. The first kappa shape index (κ1) is 17.2. The monoisotopic (exact) mass is 308 g/mol.